The number of alkyl halides is 2. The van der Waals surface area contributed by atoms with E-state index < -0.39 is 13.0 Å². The van der Waals surface area contributed by atoms with E-state index in [2.05, 4.69) is 12.2 Å². The number of nitrogens with one attached hydrogen (secondary N) is 1. The Morgan fingerprint density at radius 1 is 1.29 bits per heavy atom. The lowest BCUT2D eigenvalue weighted by atomic mass is 10.0. The number of ether oxygens (including phenoxy) is 1. The molecule has 1 aromatic rings. The topological polar surface area (TPSA) is 21.3 Å². The predicted octanol–water partition coefficient (Wildman–Crippen LogP) is 3.39. The van der Waals surface area contributed by atoms with Gasteiger partial charge in [0.15, 0.2) is 0 Å². The molecule has 1 aromatic carbocycles. The maximum atomic E-state index is 12.0. The summed E-state index contributed by atoms with van der Waals surface area (Å²) in [6, 6.07) is 7.57. The van der Waals surface area contributed by atoms with Crippen molar-refractivity contribution in [3.05, 3.63) is 29.8 Å². The molecule has 0 saturated heterocycles. The summed E-state index contributed by atoms with van der Waals surface area (Å²) in [6.07, 6.45) is -1.49. The van der Waals surface area contributed by atoms with E-state index in [4.69, 9.17) is 4.74 Å². The zero-order chi connectivity index (χ0) is 12.7. The summed E-state index contributed by atoms with van der Waals surface area (Å²) in [7, 11) is 0. The maximum Gasteiger partial charge on any atom is 0.272 e. The van der Waals surface area contributed by atoms with E-state index in [9.17, 15) is 8.78 Å². The molecule has 0 aliphatic rings. The first kappa shape index (κ1) is 13.9. The first-order valence-electron chi connectivity index (χ1n) is 5.91. The van der Waals surface area contributed by atoms with E-state index in [1.54, 1.807) is 6.07 Å². The molecule has 1 N–H and O–H groups in total. The predicted molar refractivity (Wildman–Crippen MR) is 64.6 cm³/mol. The lowest BCUT2D eigenvalue weighted by Gasteiger charge is -2.17. The Balaban J connectivity index is 2.69. The minimum Gasteiger partial charge on any atom is -0.488 e. The Labute approximate surface area is 101 Å². The van der Waals surface area contributed by atoms with Crippen LogP contribution in [0.2, 0.25) is 0 Å². The molecular weight excluding hydrogens is 224 g/mol. The van der Waals surface area contributed by atoms with E-state index in [-0.39, 0.29) is 6.04 Å². The van der Waals surface area contributed by atoms with Crippen molar-refractivity contribution in [2.75, 3.05) is 13.2 Å². The molecule has 17 heavy (non-hydrogen) atoms. The zero-order valence-corrected chi connectivity index (χ0v) is 10.2. The molecule has 0 spiro atoms. The monoisotopic (exact) mass is 243 g/mol. The average molecular weight is 243 g/mol. The number of hydrogen-bond donors (Lipinski definition) is 1. The molecule has 0 aliphatic heterocycles. The third-order valence-corrected chi connectivity index (χ3v) is 2.50. The smallest absolute Gasteiger partial charge is 0.272 e. The number of rotatable bonds is 7. The highest BCUT2D eigenvalue weighted by Gasteiger charge is 2.09. The molecule has 1 unspecified atom stereocenters. The SMILES string of the molecule is CCNC(CC)c1cccc(OCC(F)F)c1. The van der Waals surface area contributed by atoms with Crippen molar-refractivity contribution in [2.45, 2.75) is 32.7 Å². The summed E-state index contributed by atoms with van der Waals surface area (Å²) in [4.78, 5) is 0. The Bertz CT molecular complexity index is 331. The second-order valence-electron chi connectivity index (χ2n) is 3.79. The molecule has 1 atom stereocenters. The standard InChI is InChI=1S/C13H19F2NO/c1-3-12(16-4-2)10-6-5-7-11(8-10)17-9-13(14)15/h5-8,12-13,16H,3-4,9H2,1-2H3. The summed E-state index contributed by atoms with van der Waals surface area (Å²) in [5, 5.41) is 3.34. The molecule has 0 amide bonds. The van der Waals surface area contributed by atoms with Crippen molar-refractivity contribution in [1.29, 1.82) is 0 Å². The van der Waals surface area contributed by atoms with Crippen LogP contribution in [0.25, 0.3) is 0 Å². The third kappa shape index (κ3) is 4.69. The van der Waals surface area contributed by atoms with E-state index in [1.807, 2.05) is 25.1 Å². The van der Waals surface area contributed by atoms with Gasteiger partial charge in [0, 0.05) is 6.04 Å². The van der Waals surface area contributed by atoms with Crippen LogP contribution < -0.4 is 10.1 Å². The fraction of sp³-hybridized carbons (Fsp3) is 0.538. The molecule has 0 aromatic heterocycles. The van der Waals surface area contributed by atoms with E-state index in [0.29, 0.717) is 5.75 Å². The average Bonchev–Trinajstić information content (AvgIpc) is 2.34. The summed E-state index contributed by atoms with van der Waals surface area (Å²) in [6.45, 7) is 4.45. The second kappa shape index (κ2) is 7.22. The van der Waals surface area contributed by atoms with Gasteiger partial charge in [0.1, 0.15) is 12.4 Å². The normalized spacial score (nSPS) is 12.8. The van der Waals surface area contributed by atoms with Crippen molar-refractivity contribution in [3.63, 3.8) is 0 Å². The van der Waals surface area contributed by atoms with Gasteiger partial charge in [0.05, 0.1) is 0 Å². The molecule has 4 heteroatoms. The molecule has 1 rings (SSSR count). The van der Waals surface area contributed by atoms with Gasteiger partial charge in [-0.2, -0.15) is 0 Å². The molecule has 96 valence electrons. The summed E-state index contributed by atoms with van der Waals surface area (Å²) in [5.74, 6) is 0.499. The van der Waals surface area contributed by atoms with Crippen molar-refractivity contribution in [3.8, 4) is 5.75 Å². The molecule has 0 aliphatic carbocycles. The van der Waals surface area contributed by atoms with Crippen LogP contribution in [0.1, 0.15) is 31.9 Å². The van der Waals surface area contributed by atoms with Crippen LogP contribution in [0.3, 0.4) is 0 Å². The maximum absolute atomic E-state index is 12.0. The minimum atomic E-state index is -2.44. The lowest BCUT2D eigenvalue weighted by Crippen LogP contribution is -2.20. The molecule has 0 saturated carbocycles. The minimum absolute atomic E-state index is 0.245. The van der Waals surface area contributed by atoms with Crippen molar-refractivity contribution >= 4 is 0 Å². The number of benzene rings is 1. The molecule has 0 heterocycles. The first-order chi connectivity index (χ1) is 8.17. The number of hydrogen-bond acceptors (Lipinski definition) is 2. The highest BCUT2D eigenvalue weighted by molar-refractivity contribution is 5.30. The summed E-state index contributed by atoms with van der Waals surface area (Å²) >= 11 is 0. The Hall–Kier alpha value is -1.16. The summed E-state index contributed by atoms with van der Waals surface area (Å²) < 4.78 is 29.1. The van der Waals surface area contributed by atoms with Gasteiger partial charge in [-0.25, -0.2) is 8.78 Å². The zero-order valence-electron chi connectivity index (χ0n) is 10.2. The Kier molecular flexibility index (Phi) is 5.91. The van der Waals surface area contributed by atoms with Gasteiger partial charge in [-0.3, -0.25) is 0 Å². The van der Waals surface area contributed by atoms with Gasteiger partial charge >= 0.3 is 0 Å². The lowest BCUT2D eigenvalue weighted by molar-refractivity contribution is 0.0818. The fourth-order valence-corrected chi connectivity index (χ4v) is 1.72. The fourth-order valence-electron chi connectivity index (χ4n) is 1.72. The van der Waals surface area contributed by atoms with Gasteiger partial charge in [0.25, 0.3) is 6.43 Å². The molecule has 0 radical (unpaired) electrons. The molecular formula is C13H19F2NO. The van der Waals surface area contributed by atoms with Crippen LogP contribution >= 0.6 is 0 Å². The number of halogens is 2. The third-order valence-electron chi connectivity index (χ3n) is 2.50. The van der Waals surface area contributed by atoms with Gasteiger partial charge in [0.2, 0.25) is 0 Å². The highest BCUT2D eigenvalue weighted by atomic mass is 19.3. The van der Waals surface area contributed by atoms with Crippen LogP contribution in [0.15, 0.2) is 24.3 Å². The van der Waals surface area contributed by atoms with E-state index >= 15 is 0 Å². The van der Waals surface area contributed by atoms with E-state index in [1.165, 1.54) is 0 Å². The molecule has 2 nitrogen and oxygen atoms in total. The van der Waals surface area contributed by atoms with Gasteiger partial charge in [-0.15, -0.1) is 0 Å². The van der Waals surface area contributed by atoms with Crippen molar-refractivity contribution in [2.24, 2.45) is 0 Å². The van der Waals surface area contributed by atoms with Crippen LogP contribution in [-0.4, -0.2) is 19.6 Å². The molecule has 0 fully saturated rings. The second-order valence-corrected chi connectivity index (χ2v) is 3.79. The highest BCUT2D eigenvalue weighted by Crippen LogP contribution is 2.21. The Morgan fingerprint density at radius 2 is 2.06 bits per heavy atom. The van der Waals surface area contributed by atoms with Gasteiger partial charge in [-0.05, 0) is 30.7 Å². The Morgan fingerprint density at radius 3 is 2.65 bits per heavy atom. The van der Waals surface area contributed by atoms with Gasteiger partial charge in [-0.1, -0.05) is 26.0 Å². The van der Waals surface area contributed by atoms with Crippen LogP contribution in [0.5, 0.6) is 5.75 Å². The summed E-state index contributed by atoms with van der Waals surface area (Å²) in [5.41, 5.74) is 1.07. The van der Waals surface area contributed by atoms with E-state index in [0.717, 1.165) is 18.5 Å². The first-order valence-corrected chi connectivity index (χ1v) is 5.91. The quantitative estimate of drug-likeness (QED) is 0.792. The van der Waals surface area contributed by atoms with Crippen molar-refractivity contribution in [1.82, 2.24) is 5.32 Å². The van der Waals surface area contributed by atoms with Crippen LogP contribution in [-0.2, 0) is 0 Å². The molecule has 0 bridgehead atoms. The van der Waals surface area contributed by atoms with Crippen LogP contribution in [0.4, 0.5) is 8.78 Å². The van der Waals surface area contributed by atoms with Crippen LogP contribution in [0, 0.1) is 0 Å². The van der Waals surface area contributed by atoms with Crippen molar-refractivity contribution < 1.29 is 13.5 Å². The van der Waals surface area contributed by atoms with Gasteiger partial charge < -0.3 is 10.1 Å². The largest absolute Gasteiger partial charge is 0.488 e.